The second-order valence-corrected chi connectivity index (χ2v) is 5.95. The molecule has 2 aromatic rings. The zero-order valence-electron chi connectivity index (χ0n) is 12.0. The van der Waals surface area contributed by atoms with Gasteiger partial charge in [0.05, 0.1) is 5.52 Å². The van der Waals surface area contributed by atoms with E-state index in [1.54, 1.807) is 0 Å². The maximum Gasteiger partial charge on any atom is 0.272 e. The number of rotatable bonds is 2. The minimum Gasteiger partial charge on any atom is -0.335 e. The van der Waals surface area contributed by atoms with Gasteiger partial charge in [-0.2, -0.15) is 0 Å². The van der Waals surface area contributed by atoms with E-state index in [0.717, 1.165) is 43.1 Å². The number of carbonyl (C=O) groups is 1. The summed E-state index contributed by atoms with van der Waals surface area (Å²) in [5, 5.41) is 1.08. The highest BCUT2D eigenvalue weighted by Crippen LogP contribution is 2.27. The van der Waals surface area contributed by atoms with Gasteiger partial charge in [0.1, 0.15) is 5.69 Å². The largest absolute Gasteiger partial charge is 0.335 e. The summed E-state index contributed by atoms with van der Waals surface area (Å²) in [6.45, 7) is 3.65. The molecule has 4 heteroatoms. The number of amides is 1. The van der Waals surface area contributed by atoms with Gasteiger partial charge in [-0.1, -0.05) is 24.3 Å². The Hall–Kier alpha value is -1.94. The number of pyridine rings is 1. The molecule has 1 aromatic carbocycles. The lowest BCUT2D eigenvalue weighted by Gasteiger charge is -2.34. The highest BCUT2D eigenvalue weighted by atomic mass is 16.2. The third-order valence-electron chi connectivity index (χ3n) is 4.48. The smallest absolute Gasteiger partial charge is 0.272 e. The van der Waals surface area contributed by atoms with E-state index in [9.17, 15) is 4.79 Å². The lowest BCUT2D eigenvalue weighted by molar-refractivity contribution is 0.0622. The minimum atomic E-state index is 0.0659. The van der Waals surface area contributed by atoms with Crippen LogP contribution in [0.4, 0.5) is 0 Å². The lowest BCUT2D eigenvalue weighted by atomic mass is 10.2. The van der Waals surface area contributed by atoms with Gasteiger partial charge in [-0.15, -0.1) is 0 Å². The number of para-hydroxylation sites is 1. The average molecular weight is 281 g/mol. The predicted molar refractivity (Wildman–Crippen MR) is 82.2 cm³/mol. The van der Waals surface area contributed by atoms with Gasteiger partial charge in [-0.05, 0) is 25.0 Å². The standard InChI is InChI=1S/C17H19N3O/c21-17(20-11-9-19(10-12-20)14-6-7-14)16-8-5-13-3-1-2-4-15(13)18-16/h1-5,8,14H,6-7,9-12H2. The third kappa shape index (κ3) is 2.51. The topological polar surface area (TPSA) is 36.4 Å². The molecule has 1 amide bonds. The summed E-state index contributed by atoms with van der Waals surface area (Å²) in [5.74, 6) is 0.0659. The summed E-state index contributed by atoms with van der Waals surface area (Å²) in [4.78, 5) is 21.5. The van der Waals surface area contributed by atoms with Crippen LogP contribution < -0.4 is 0 Å². The van der Waals surface area contributed by atoms with Crippen molar-refractivity contribution < 1.29 is 4.79 Å². The zero-order chi connectivity index (χ0) is 14.2. The van der Waals surface area contributed by atoms with Crippen LogP contribution >= 0.6 is 0 Å². The maximum absolute atomic E-state index is 12.6. The first kappa shape index (κ1) is 12.8. The molecule has 2 aliphatic rings. The molecule has 1 saturated heterocycles. The fourth-order valence-electron chi connectivity index (χ4n) is 3.08. The number of fused-ring (bicyclic) bond motifs is 1. The molecular weight excluding hydrogens is 262 g/mol. The van der Waals surface area contributed by atoms with E-state index in [1.165, 1.54) is 12.8 Å². The van der Waals surface area contributed by atoms with Gasteiger partial charge in [0.2, 0.25) is 0 Å². The quantitative estimate of drug-likeness (QED) is 0.846. The van der Waals surface area contributed by atoms with Gasteiger partial charge in [-0.25, -0.2) is 4.98 Å². The van der Waals surface area contributed by atoms with Crippen molar-refractivity contribution in [3.8, 4) is 0 Å². The molecule has 1 aliphatic carbocycles. The highest BCUT2D eigenvalue weighted by Gasteiger charge is 2.32. The van der Waals surface area contributed by atoms with Gasteiger partial charge in [0.25, 0.3) is 5.91 Å². The van der Waals surface area contributed by atoms with Crippen LogP contribution in [0.25, 0.3) is 10.9 Å². The second kappa shape index (κ2) is 5.11. The predicted octanol–water partition coefficient (Wildman–Crippen LogP) is 2.15. The molecule has 4 nitrogen and oxygen atoms in total. The number of hydrogen-bond donors (Lipinski definition) is 0. The molecule has 2 fully saturated rings. The van der Waals surface area contributed by atoms with Crippen molar-refractivity contribution in [2.75, 3.05) is 26.2 Å². The number of benzene rings is 1. The van der Waals surface area contributed by atoms with Crippen molar-refractivity contribution in [2.24, 2.45) is 0 Å². The van der Waals surface area contributed by atoms with Gasteiger partial charge in [0.15, 0.2) is 0 Å². The summed E-state index contributed by atoms with van der Waals surface area (Å²) in [5.41, 5.74) is 1.45. The maximum atomic E-state index is 12.6. The van der Waals surface area contributed by atoms with E-state index in [-0.39, 0.29) is 5.91 Å². The first-order valence-corrected chi connectivity index (χ1v) is 7.70. The SMILES string of the molecule is O=C(c1ccc2ccccc2n1)N1CCN(C2CC2)CC1. The van der Waals surface area contributed by atoms with Crippen molar-refractivity contribution in [3.05, 3.63) is 42.1 Å². The molecule has 4 rings (SSSR count). The van der Waals surface area contributed by atoms with Crippen LogP contribution in [0.15, 0.2) is 36.4 Å². The molecule has 0 N–H and O–H groups in total. The molecule has 0 unspecified atom stereocenters. The summed E-state index contributed by atoms with van der Waals surface area (Å²) in [7, 11) is 0. The normalized spacial score (nSPS) is 19.9. The van der Waals surface area contributed by atoms with Gasteiger partial charge in [-0.3, -0.25) is 9.69 Å². The van der Waals surface area contributed by atoms with E-state index in [0.29, 0.717) is 5.69 Å². The monoisotopic (exact) mass is 281 g/mol. The fraction of sp³-hybridized carbons (Fsp3) is 0.412. The van der Waals surface area contributed by atoms with Crippen molar-refractivity contribution in [2.45, 2.75) is 18.9 Å². The first-order chi connectivity index (χ1) is 10.3. The molecule has 2 heterocycles. The Morgan fingerprint density at radius 2 is 1.76 bits per heavy atom. The minimum absolute atomic E-state index is 0.0659. The number of aromatic nitrogens is 1. The van der Waals surface area contributed by atoms with E-state index >= 15 is 0 Å². The second-order valence-electron chi connectivity index (χ2n) is 5.95. The van der Waals surface area contributed by atoms with Gasteiger partial charge in [0, 0.05) is 37.6 Å². The van der Waals surface area contributed by atoms with Crippen molar-refractivity contribution in [1.29, 1.82) is 0 Å². The average Bonchev–Trinajstić information content (AvgIpc) is 3.39. The van der Waals surface area contributed by atoms with Crippen molar-refractivity contribution in [3.63, 3.8) is 0 Å². The van der Waals surface area contributed by atoms with E-state index < -0.39 is 0 Å². The number of nitrogens with zero attached hydrogens (tertiary/aromatic N) is 3. The first-order valence-electron chi connectivity index (χ1n) is 7.70. The number of piperazine rings is 1. The molecule has 0 atom stereocenters. The molecule has 1 saturated carbocycles. The zero-order valence-corrected chi connectivity index (χ0v) is 12.0. The fourth-order valence-corrected chi connectivity index (χ4v) is 3.08. The number of hydrogen-bond acceptors (Lipinski definition) is 3. The summed E-state index contributed by atoms with van der Waals surface area (Å²) in [6.07, 6.45) is 2.67. The summed E-state index contributed by atoms with van der Waals surface area (Å²) < 4.78 is 0. The lowest BCUT2D eigenvalue weighted by Crippen LogP contribution is -2.49. The Bertz CT molecular complexity index is 673. The Balaban J connectivity index is 1.50. The molecule has 1 aromatic heterocycles. The Morgan fingerprint density at radius 1 is 1.00 bits per heavy atom. The molecular formula is C17H19N3O. The van der Waals surface area contributed by atoms with Crippen LogP contribution in [0.5, 0.6) is 0 Å². The van der Waals surface area contributed by atoms with Crippen LogP contribution in [0.2, 0.25) is 0 Å². The molecule has 0 spiro atoms. The van der Waals surface area contributed by atoms with Crippen molar-refractivity contribution >= 4 is 16.8 Å². The van der Waals surface area contributed by atoms with Crippen LogP contribution in [-0.4, -0.2) is 52.9 Å². The van der Waals surface area contributed by atoms with Crippen LogP contribution in [0.1, 0.15) is 23.3 Å². The van der Waals surface area contributed by atoms with E-state index in [4.69, 9.17) is 0 Å². The van der Waals surface area contributed by atoms with Crippen molar-refractivity contribution in [1.82, 2.24) is 14.8 Å². The van der Waals surface area contributed by atoms with Crippen LogP contribution in [0, 0.1) is 0 Å². The Kier molecular flexibility index (Phi) is 3.11. The molecule has 108 valence electrons. The van der Waals surface area contributed by atoms with Crippen LogP contribution in [-0.2, 0) is 0 Å². The summed E-state index contributed by atoms with van der Waals surface area (Å²) >= 11 is 0. The molecule has 0 radical (unpaired) electrons. The third-order valence-corrected chi connectivity index (χ3v) is 4.48. The van der Waals surface area contributed by atoms with E-state index in [1.807, 2.05) is 41.3 Å². The highest BCUT2D eigenvalue weighted by molar-refractivity contribution is 5.95. The number of carbonyl (C=O) groups excluding carboxylic acids is 1. The van der Waals surface area contributed by atoms with Gasteiger partial charge < -0.3 is 4.90 Å². The molecule has 1 aliphatic heterocycles. The Labute approximate surface area is 124 Å². The van der Waals surface area contributed by atoms with Crippen LogP contribution in [0.3, 0.4) is 0 Å². The van der Waals surface area contributed by atoms with E-state index in [2.05, 4.69) is 9.88 Å². The molecule has 0 bridgehead atoms. The van der Waals surface area contributed by atoms with Gasteiger partial charge >= 0.3 is 0 Å². The molecule has 21 heavy (non-hydrogen) atoms. The summed E-state index contributed by atoms with van der Waals surface area (Å²) in [6, 6.07) is 12.5. The Morgan fingerprint density at radius 3 is 2.52 bits per heavy atom.